The molecule has 1 aromatic rings. The zero-order valence-corrected chi connectivity index (χ0v) is 6.73. The Morgan fingerprint density at radius 3 is 2.30 bits per heavy atom. The Morgan fingerprint density at radius 2 is 1.80 bits per heavy atom. The molecular weight excluding hydrogens is 120 g/mol. The molecule has 1 aliphatic rings. The molecule has 0 bridgehead atoms. The summed E-state index contributed by atoms with van der Waals surface area (Å²) in [6.07, 6.45) is 0. The van der Waals surface area contributed by atoms with Crippen LogP contribution >= 0.6 is 0 Å². The minimum atomic E-state index is 0.397. The molecule has 0 heteroatoms. The Kier molecular flexibility index (Phi) is 0.862. The first-order valence-electron chi connectivity index (χ1n) is 3.74. The second-order valence-electron chi connectivity index (χ2n) is 3.67. The van der Waals surface area contributed by atoms with Crippen LogP contribution in [0, 0.1) is 6.92 Å². The van der Waals surface area contributed by atoms with Crippen LogP contribution in [0.4, 0.5) is 0 Å². The third-order valence-electron chi connectivity index (χ3n) is 2.46. The van der Waals surface area contributed by atoms with E-state index in [1.54, 1.807) is 0 Å². The molecule has 0 aromatic heterocycles. The van der Waals surface area contributed by atoms with Gasteiger partial charge in [0.15, 0.2) is 0 Å². The molecule has 0 heterocycles. The lowest BCUT2D eigenvalue weighted by molar-refractivity contribution is 0.793. The van der Waals surface area contributed by atoms with Gasteiger partial charge in [-0.05, 0) is 18.1 Å². The van der Waals surface area contributed by atoms with E-state index in [1.165, 1.54) is 16.7 Å². The molecule has 0 unspecified atom stereocenters. The molecule has 1 aromatic carbocycles. The highest BCUT2D eigenvalue weighted by Gasteiger charge is 2.40. The summed E-state index contributed by atoms with van der Waals surface area (Å²) in [5.74, 6) is 0. The second-order valence-corrected chi connectivity index (χ2v) is 3.67. The maximum absolute atomic E-state index is 2.29. The molecule has 2 rings (SSSR count). The van der Waals surface area contributed by atoms with Crippen molar-refractivity contribution in [2.75, 3.05) is 0 Å². The van der Waals surface area contributed by atoms with E-state index >= 15 is 0 Å². The van der Waals surface area contributed by atoms with Crippen molar-refractivity contribution >= 4 is 0 Å². The summed E-state index contributed by atoms with van der Waals surface area (Å²) < 4.78 is 0. The van der Waals surface area contributed by atoms with E-state index in [0.717, 1.165) is 0 Å². The average molecular weight is 132 g/mol. The summed E-state index contributed by atoms with van der Waals surface area (Å²) in [5.41, 5.74) is 4.84. The van der Waals surface area contributed by atoms with E-state index in [9.17, 15) is 0 Å². The molecule has 0 fully saturated rings. The average Bonchev–Trinajstić information content (AvgIpc) is 2.36. The van der Waals surface area contributed by atoms with E-state index in [4.69, 9.17) is 0 Å². The number of aryl methyl sites for hydroxylation is 1. The number of benzene rings is 1. The van der Waals surface area contributed by atoms with Gasteiger partial charge in [0.25, 0.3) is 0 Å². The van der Waals surface area contributed by atoms with Crippen molar-refractivity contribution in [1.82, 2.24) is 0 Å². The van der Waals surface area contributed by atoms with Gasteiger partial charge in [-0.2, -0.15) is 0 Å². The predicted molar refractivity (Wildman–Crippen MR) is 43.3 cm³/mol. The molecule has 0 nitrogen and oxygen atoms in total. The van der Waals surface area contributed by atoms with E-state index in [1.807, 2.05) is 0 Å². The largest absolute Gasteiger partial charge is 0.0590 e. The van der Waals surface area contributed by atoms with Gasteiger partial charge in [0.2, 0.25) is 0 Å². The molecule has 0 aliphatic heterocycles. The van der Waals surface area contributed by atoms with Gasteiger partial charge >= 0.3 is 0 Å². The molecule has 0 saturated heterocycles. The van der Waals surface area contributed by atoms with Crippen LogP contribution in [-0.4, -0.2) is 0 Å². The molecule has 0 atom stereocenters. The zero-order chi connectivity index (χ0) is 7.35. The molecule has 0 amide bonds. The summed E-state index contributed by atoms with van der Waals surface area (Å²) in [4.78, 5) is 0. The minimum absolute atomic E-state index is 0.397. The van der Waals surface area contributed by atoms with E-state index in [0.29, 0.717) is 5.41 Å². The highest BCUT2D eigenvalue weighted by molar-refractivity contribution is 5.58. The topological polar surface area (TPSA) is 0 Å². The lowest BCUT2D eigenvalue weighted by Gasteiger charge is -1.93. The Hall–Kier alpha value is -0.780. The fraction of sp³-hybridized carbons (Fsp3) is 0.400. The van der Waals surface area contributed by atoms with Crippen LogP contribution < -0.4 is 0 Å². The predicted octanol–water partition coefficient (Wildman–Crippen LogP) is 2.63. The number of hydrogen-bond acceptors (Lipinski definition) is 0. The minimum Gasteiger partial charge on any atom is -0.0590 e. The quantitative estimate of drug-likeness (QED) is 0.509. The van der Waals surface area contributed by atoms with Crippen molar-refractivity contribution in [2.24, 2.45) is 0 Å². The molecule has 0 saturated carbocycles. The summed E-state index contributed by atoms with van der Waals surface area (Å²) in [7, 11) is 0. The standard InChI is InChI=1S/C10H12/c1-7-4-5-8-9(6-7)10(8,2)3/h4-6H,1-3H3. The van der Waals surface area contributed by atoms with Crippen LogP contribution in [-0.2, 0) is 5.41 Å². The number of fused-ring (bicyclic) bond motifs is 1. The van der Waals surface area contributed by atoms with Gasteiger partial charge in [-0.3, -0.25) is 0 Å². The maximum Gasteiger partial charge on any atom is 0.0152 e. The molecule has 10 heavy (non-hydrogen) atoms. The van der Waals surface area contributed by atoms with Crippen molar-refractivity contribution in [3.05, 3.63) is 34.9 Å². The van der Waals surface area contributed by atoms with Crippen LogP contribution in [0.15, 0.2) is 18.2 Å². The van der Waals surface area contributed by atoms with Gasteiger partial charge in [0, 0.05) is 5.41 Å². The summed E-state index contributed by atoms with van der Waals surface area (Å²) in [6, 6.07) is 6.72. The highest BCUT2D eigenvalue weighted by atomic mass is 14.4. The summed E-state index contributed by atoms with van der Waals surface area (Å²) in [6.45, 7) is 6.70. The highest BCUT2D eigenvalue weighted by Crippen LogP contribution is 2.49. The van der Waals surface area contributed by atoms with Crippen LogP contribution in [0.25, 0.3) is 0 Å². The Balaban J connectivity index is 2.56. The molecule has 1 aliphatic carbocycles. The van der Waals surface area contributed by atoms with Gasteiger partial charge < -0.3 is 0 Å². The fourth-order valence-corrected chi connectivity index (χ4v) is 1.57. The van der Waals surface area contributed by atoms with Gasteiger partial charge in [0.1, 0.15) is 0 Å². The number of rotatable bonds is 0. The van der Waals surface area contributed by atoms with Crippen molar-refractivity contribution in [2.45, 2.75) is 26.2 Å². The van der Waals surface area contributed by atoms with Crippen LogP contribution in [0.3, 0.4) is 0 Å². The zero-order valence-electron chi connectivity index (χ0n) is 6.73. The smallest absolute Gasteiger partial charge is 0.0152 e. The first-order chi connectivity index (χ1) is 4.62. The lowest BCUT2D eigenvalue weighted by atomic mass is 10.1. The second kappa shape index (κ2) is 1.45. The summed E-state index contributed by atoms with van der Waals surface area (Å²) in [5, 5.41) is 0. The van der Waals surface area contributed by atoms with Crippen molar-refractivity contribution < 1.29 is 0 Å². The van der Waals surface area contributed by atoms with Crippen molar-refractivity contribution in [3.8, 4) is 0 Å². The van der Waals surface area contributed by atoms with E-state index in [2.05, 4.69) is 39.0 Å². The lowest BCUT2D eigenvalue weighted by Crippen LogP contribution is -1.89. The molecule has 0 N–H and O–H groups in total. The first kappa shape index (κ1) is 5.96. The Morgan fingerprint density at radius 1 is 1.10 bits per heavy atom. The van der Waals surface area contributed by atoms with Crippen LogP contribution in [0.5, 0.6) is 0 Å². The van der Waals surface area contributed by atoms with Crippen LogP contribution in [0.1, 0.15) is 30.5 Å². The normalized spacial score (nSPS) is 18.3. The monoisotopic (exact) mass is 132 g/mol. The van der Waals surface area contributed by atoms with Gasteiger partial charge in [-0.1, -0.05) is 37.6 Å². The van der Waals surface area contributed by atoms with Crippen molar-refractivity contribution in [3.63, 3.8) is 0 Å². The summed E-state index contributed by atoms with van der Waals surface area (Å²) >= 11 is 0. The van der Waals surface area contributed by atoms with Crippen LogP contribution in [0.2, 0.25) is 0 Å². The van der Waals surface area contributed by atoms with Gasteiger partial charge in [-0.25, -0.2) is 0 Å². The first-order valence-corrected chi connectivity index (χ1v) is 3.74. The fourth-order valence-electron chi connectivity index (χ4n) is 1.57. The van der Waals surface area contributed by atoms with Gasteiger partial charge in [-0.15, -0.1) is 0 Å². The molecule has 0 radical (unpaired) electrons. The molecule has 52 valence electrons. The number of hydrogen-bond donors (Lipinski definition) is 0. The van der Waals surface area contributed by atoms with E-state index in [-0.39, 0.29) is 0 Å². The molecule has 0 spiro atoms. The van der Waals surface area contributed by atoms with Crippen molar-refractivity contribution in [1.29, 1.82) is 0 Å². The molecular formula is C10H12. The SMILES string of the molecule is Cc1ccc2c(c1)C2(C)C. The Labute approximate surface area is 61.9 Å². The third kappa shape index (κ3) is 0.566. The maximum atomic E-state index is 2.29. The third-order valence-corrected chi connectivity index (χ3v) is 2.46. The Bertz CT molecular complexity index is 282. The van der Waals surface area contributed by atoms with E-state index < -0.39 is 0 Å². The van der Waals surface area contributed by atoms with Gasteiger partial charge in [0.05, 0.1) is 0 Å².